The van der Waals surface area contributed by atoms with Crippen molar-refractivity contribution in [1.29, 1.82) is 0 Å². The van der Waals surface area contributed by atoms with Crippen molar-refractivity contribution in [3.05, 3.63) is 65.7 Å². The van der Waals surface area contributed by atoms with Gasteiger partial charge in [-0.2, -0.15) is 0 Å². The molecule has 2 atom stereocenters. The van der Waals surface area contributed by atoms with Gasteiger partial charge in [0, 0.05) is 5.56 Å². The topological polar surface area (TPSA) is 21.3 Å². The molecule has 2 aromatic rings. The number of rotatable bonds is 5. The zero-order valence-corrected chi connectivity index (χ0v) is 11.9. The second-order valence-electron chi connectivity index (χ2n) is 5.46. The molecule has 0 fully saturated rings. The zero-order chi connectivity index (χ0) is 13.8. The van der Waals surface area contributed by atoms with E-state index in [1.165, 1.54) is 11.1 Å². The highest BCUT2D eigenvalue weighted by Crippen LogP contribution is 2.31. The molecule has 0 amide bonds. The Morgan fingerprint density at radius 2 is 1.85 bits per heavy atom. The number of benzene rings is 2. The van der Waals surface area contributed by atoms with E-state index in [1.807, 2.05) is 12.1 Å². The molecule has 0 radical (unpaired) electrons. The van der Waals surface area contributed by atoms with E-state index in [9.17, 15) is 0 Å². The molecule has 104 valence electrons. The Morgan fingerprint density at radius 3 is 2.70 bits per heavy atom. The van der Waals surface area contributed by atoms with Crippen molar-refractivity contribution in [3.63, 3.8) is 0 Å². The van der Waals surface area contributed by atoms with Gasteiger partial charge in [0.25, 0.3) is 0 Å². The summed E-state index contributed by atoms with van der Waals surface area (Å²) >= 11 is 0. The lowest BCUT2D eigenvalue weighted by Gasteiger charge is -2.15. The van der Waals surface area contributed by atoms with Crippen LogP contribution in [-0.4, -0.2) is 13.2 Å². The van der Waals surface area contributed by atoms with E-state index in [0.29, 0.717) is 12.0 Å². The van der Waals surface area contributed by atoms with E-state index in [0.717, 1.165) is 25.3 Å². The fourth-order valence-corrected chi connectivity index (χ4v) is 2.75. The SMILES string of the molecule is CC(CCNC1COc2ccccc21)c1ccccc1. The van der Waals surface area contributed by atoms with Crippen LogP contribution in [0.3, 0.4) is 0 Å². The summed E-state index contributed by atoms with van der Waals surface area (Å²) in [5, 5.41) is 3.61. The molecule has 1 aliphatic rings. The van der Waals surface area contributed by atoms with Gasteiger partial charge >= 0.3 is 0 Å². The van der Waals surface area contributed by atoms with Crippen molar-refractivity contribution in [2.75, 3.05) is 13.2 Å². The predicted octanol–water partition coefficient (Wildman–Crippen LogP) is 3.90. The normalized spacial score (nSPS) is 18.4. The number of fused-ring (bicyclic) bond motifs is 1. The molecule has 0 saturated heterocycles. The van der Waals surface area contributed by atoms with Crippen LogP contribution in [0.4, 0.5) is 0 Å². The third-order valence-electron chi connectivity index (χ3n) is 4.04. The third-order valence-corrected chi connectivity index (χ3v) is 4.04. The molecule has 0 bridgehead atoms. The van der Waals surface area contributed by atoms with Crippen LogP contribution in [0.2, 0.25) is 0 Å². The van der Waals surface area contributed by atoms with Crippen LogP contribution in [0.15, 0.2) is 54.6 Å². The molecular weight excluding hydrogens is 246 g/mol. The zero-order valence-electron chi connectivity index (χ0n) is 11.9. The first-order valence-electron chi connectivity index (χ1n) is 7.34. The fraction of sp³-hybridized carbons (Fsp3) is 0.333. The van der Waals surface area contributed by atoms with Gasteiger partial charge in [-0.25, -0.2) is 0 Å². The molecule has 1 aliphatic heterocycles. The van der Waals surface area contributed by atoms with Crippen molar-refractivity contribution in [1.82, 2.24) is 5.32 Å². The van der Waals surface area contributed by atoms with E-state index in [2.05, 4.69) is 54.7 Å². The van der Waals surface area contributed by atoms with E-state index >= 15 is 0 Å². The van der Waals surface area contributed by atoms with E-state index in [-0.39, 0.29) is 0 Å². The Balaban J connectivity index is 1.52. The van der Waals surface area contributed by atoms with Crippen molar-refractivity contribution in [2.45, 2.75) is 25.3 Å². The molecule has 2 heteroatoms. The summed E-state index contributed by atoms with van der Waals surface area (Å²) in [6.07, 6.45) is 1.14. The smallest absolute Gasteiger partial charge is 0.124 e. The summed E-state index contributed by atoms with van der Waals surface area (Å²) < 4.78 is 5.69. The van der Waals surface area contributed by atoms with Gasteiger partial charge < -0.3 is 10.1 Å². The maximum atomic E-state index is 5.69. The maximum Gasteiger partial charge on any atom is 0.124 e. The van der Waals surface area contributed by atoms with Crippen LogP contribution in [-0.2, 0) is 0 Å². The van der Waals surface area contributed by atoms with Gasteiger partial charge in [-0.05, 0) is 30.5 Å². The Morgan fingerprint density at radius 1 is 1.10 bits per heavy atom. The number of ether oxygens (including phenoxy) is 1. The summed E-state index contributed by atoms with van der Waals surface area (Å²) in [4.78, 5) is 0. The average molecular weight is 267 g/mol. The van der Waals surface area contributed by atoms with E-state index in [1.54, 1.807) is 0 Å². The predicted molar refractivity (Wildman–Crippen MR) is 82.2 cm³/mol. The standard InChI is InChI=1S/C18H21NO/c1-14(15-7-3-2-4-8-15)11-12-19-17-13-20-18-10-6-5-9-16(17)18/h2-10,14,17,19H,11-13H2,1H3. The molecule has 0 aliphatic carbocycles. The molecule has 0 aromatic heterocycles. The summed E-state index contributed by atoms with van der Waals surface area (Å²) in [7, 11) is 0. The minimum Gasteiger partial charge on any atom is -0.491 e. The van der Waals surface area contributed by atoms with Gasteiger partial charge in [-0.15, -0.1) is 0 Å². The summed E-state index contributed by atoms with van der Waals surface area (Å²) in [6, 6.07) is 19.4. The molecule has 2 nitrogen and oxygen atoms in total. The first-order chi connectivity index (χ1) is 9.84. The van der Waals surface area contributed by atoms with Gasteiger partial charge in [0.2, 0.25) is 0 Å². The van der Waals surface area contributed by atoms with Gasteiger partial charge in [0.15, 0.2) is 0 Å². The van der Waals surface area contributed by atoms with Gasteiger partial charge in [-0.1, -0.05) is 55.5 Å². The number of hydrogen-bond donors (Lipinski definition) is 1. The Bertz CT molecular complexity index is 552. The quantitative estimate of drug-likeness (QED) is 0.887. The van der Waals surface area contributed by atoms with Crippen LogP contribution < -0.4 is 10.1 Å². The number of hydrogen-bond acceptors (Lipinski definition) is 2. The lowest BCUT2D eigenvalue weighted by molar-refractivity contribution is 0.310. The minimum absolute atomic E-state index is 0.342. The lowest BCUT2D eigenvalue weighted by Crippen LogP contribution is -2.24. The van der Waals surface area contributed by atoms with Crippen LogP contribution in [0.25, 0.3) is 0 Å². The molecule has 1 heterocycles. The van der Waals surface area contributed by atoms with Crippen molar-refractivity contribution < 1.29 is 4.74 Å². The Labute approximate surface area is 120 Å². The Hall–Kier alpha value is -1.80. The molecule has 2 aromatic carbocycles. The van der Waals surface area contributed by atoms with Crippen LogP contribution in [0.5, 0.6) is 5.75 Å². The molecule has 0 spiro atoms. The van der Waals surface area contributed by atoms with Crippen LogP contribution in [0.1, 0.15) is 36.4 Å². The monoisotopic (exact) mass is 267 g/mol. The summed E-state index contributed by atoms with van der Waals surface area (Å²) in [5.41, 5.74) is 2.71. The lowest BCUT2D eigenvalue weighted by atomic mass is 9.98. The van der Waals surface area contributed by atoms with Crippen LogP contribution in [0, 0.1) is 0 Å². The highest BCUT2D eigenvalue weighted by Gasteiger charge is 2.22. The van der Waals surface area contributed by atoms with Crippen molar-refractivity contribution >= 4 is 0 Å². The highest BCUT2D eigenvalue weighted by atomic mass is 16.5. The summed E-state index contributed by atoms with van der Waals surface area (Å²) in [6.45, 7) is 4.05. The molecular formula is C18H21NO. The largest absolute Gasteiger partial charge is 0.491 e. The highest BCUT2D eigenvalue weighted by molar-refractivity contribution is 5.39. The first-order valence-corrected chi connectivity index (χ1v) is 7.34. The van der Waals surface area contributed by atoms with E-state index < -0.39 is 0 Å². The summed E-state index contributed by atoms with van der Waals surface area (Å²) in [5.74, 6) is 1.61. The number of nitrogens with one attached hydrogen (secondary N) is 1. The second-order valence-corrected chi connectivity index (χ2v) is 5.46. The third kappa shape index (κ3) is 2.86. The first kappa shape index (κ1) is 13.2. The maximum absolute atomic E-state index is 5.69. The average Bonchev–Trinajstić information content (AvgIpc) is 2.92. The fourth-order valence-electron chi connectivity index (χ4n) is 2.75. The molecule has 1 N–H and O–H groups in total. The van der Waals surface area contributed by atoms with Crippen molar-refractivity contribution in [3.8, 4) is 5.75 Å². The second kappa shape index (κ2) is 6.10. The van der Waals surface area contributed by atoms with Gasteiger partial charge in [-0.3, -0.25) is 0 Å². The molecule has 3 rings (SSSR count). The van der Waals surface area contributed by atoms with Gasteiger partial charge in [0.05, 0.1) is 6.04 Å². The Kier molecular flexibility index (Phi) is 4.03. The molecule has 20 heavy (non-hydrogen) atoms. The minimum atomic E-state index is 0.342. The van der Waals surface area contributed by atoms with Crippen molar-refractivity contribution in [2.24, 2.45) is 0 Å². The van der Waals surface area contributed by atoms with Crippen LogP contribution >= 0.6 is 0 Å². The van der Waals surface area contributed by atoms with Gasteiger partial charge in [0.1, 0.15) is 12.4 Å². The number of para-hydroxylation sites is 1. The van der Waals surface area contributed by atoms with E-state index in [4.69, 9.17) is 4.74 Å². The molecule has 2 unspecified atom stereocenters. The molecule has 0 saturated carbocycles.